The molecule has 1 aromatic heterocycles. The van der Waals surface area contributed by atoms with E-state index < -0.39 is 0 Å². The highest BCUT2D eigenvalue weighted by atomic mass is 35.5. The van der Waals surface area contributed by atoms with E-state index in [1.807, 2.05) is 48.2 Å². The highest BCUT2D eigenvalue weighted by Crippen LogP contribution is 2.24. The van der Waals surface area contributed by atoms with E-state index in [1.165, 1.54) is 0 Å². The molecule has 1 amide bonds. The molecule has 3 aromatic rings. The van der Waals surface area contributed by atoms with Gasteiger partial charge in [-0.2, -0.15) is 0 Å². The number of hydrogen-bond donors (Lipinski definition) is 1. The predicted molar refractivity (Wildman–Crippen MR) is 134 cm³/mol. The van der Waals surface area contributed by atoms with Crippen molar-refractivity contribution in [2.75, 3.05) is 25.2 Å². The van der Waals surface area contributed by atoms with Crippen LogP contribution in [-0.4, -0.2) is 42.2 Å². The third-order valence-electron chi connectivity index (χ3n) is 4.88. The van der Waals surface area contributed by atoms with Crippen LogP contribution in [0.1, 0.15) is 29.3 Å². The second kappa shape index (κ2) is 12.3. The first-order chi connectivity index (χ1) is 16.0. The maximum absolute atomic E-state index is 12.5. The van der Waals surface area contributed by atoms with Crippen molar-refractivity contribution in [1.82, 2.24) is 15.3 Å². The molecule has 0 spiro atoms. The molecule has 2 aromatic carbocycles. The number of nitrogens with one attached hydrogen (secondary N) is 1. The van der Waals surface area contributed by atoms with Gasteiger partial charge in [0.05, 0.1) is 22.2 Å². The molecule has 0 aliphatic heterocycles. The summed E-state index contributed by atoms with van der Waals surface area (Å²) in [5, 5.41) is 3.61. The van der Waals surface area contributed by atoms with Crippen LogP contribution in [0.25, 0.3) is 6.08 Å². The number of halogens is 2. The lowest BCUT2D eigenvalue weighted by Gasteiger charge is -2.22. The van der Waals surface area contributed by atoms with E-state index in [1.54, 1.807) is 43.8 Å². The van der Waals surface area contributed by atoms with E-state index in [4.69, 9.17) is 27.9 Å². The summed E-state index contributed by atoms with van der Waals surface area (Å²) in [6, 6.07) is 14.8. The fourth-order valence-corrected chi connectivity index (χ4v) is 3.77. The average Bonchev–Trinajstić information content (AvgIpc) is 2.81. The summed E-state index contributed by atoms with van der Waals surface area (Å²) < 4.78 is 5.23. The number of hydrogen-bond acceptors (Lipinski definition) is 5. The number of benzene rings is 2. The number of ether oxygens (including phenoxy) is 1. The Morgan fingerprint density at radius 3 is 2.39 bits per heavy atom. The molecule has 0 aliphatic rings. The molecule has 0 radical (unpaired) electrons. The molecule has 0 saturated carbocycles. The van der Waals surface area contributed by atoms with Crippen LogP contribution in [0.4, 0.5) is 11.6 Å². The molecule has 1 atom stereocenters. The highest BCUT2D eigenvalue weighted by Gasteiger charge is 2.16. The number of methoxy groups -OCH3 is 1. The molecule has 6 nitrogen and oxygen atoms in total. The lowest BCUT2D eigenvalue weighted by atomic mass is 10.1. The molecule has 0 fully saturated rings. The summed E-state index contributed by atoms with van der Waals surface area (Å²) >= 11 is 12.2. The van der Waals surface area contributed by atoms with E-state index in [2.05, 4.69) is 15.3 Å². The Labute approximate surface area is 204 Å². The average molecular weight is 485 g/mol. The number of rotatable bonds is 10. The highest BCUT2D eigenvalue weighted by molar-refractivity contribution is 6.39. The molecular weight excluding hydrogens is 459 g/mol. The monoisotopic (exact) mass is 484 g/mol. The van der Waals surface area contributed by atoms with Crippen LogP contribution < -0.4 is 10.2 Å². The van der Waals surface area contributed by atoms with Gasteiger partial charge in [0.25, 0.3) is 5.91 Å². The fourth-order valence-electron chi connectivity index (χ4n) is 3.20. The van der Waals surface area contributed by atoms with Crippen LogP contribution in [0.2, 0.25) is 10.0 Å². The first-order valence-electron chi connectivity index (χ1n) is 10.5. The van der Waals surface area contributed by atoms with Crippen molar-refractivity contribution in [2.45, 2.75) is 19.4 Å². The maximum Gasteiger partial charge on any atom is 0.254 e. The zero-order valence-corrected chi connectivity index (χ0v) is 20.1. The number of aromatic nitrogens is 2. The first kappa shape index (κ1) is 24.7. The Hall–Kier alpha value is -2.93. The summed E-state index contributed by atoms with van der Waals surface area (Å²) in [6.45, 7) is 3.13. The van der Waals surface area contributed by atoms with Gasteiger partial charge in [-0.25, -0.2) is 9.97 Å². The molecule has 1 unspecified atom stereocenters. The largest absolute Gasteiger partial charge is 0.383 e. The number of carbonyl (C=O) groups is 1. The predicted octanol–water partition coefficient (Wildman–Crippen LogP) is 5.79. The van der Waals surface area contributed by atoms with Crippen molar-refractivity contribution in [3.05, 3.63) is 88.2 Å². The first-order valence-corrected chi connectivity index (χ1v) is 11.3. The van der Waals surface area contributed by atoms with Crippen molar-refractivity contribution in [3.63, 3.8) is 0 Å². The molecule has 172 valence electrons. The Bertz CT molecular complexity index is 1060. The minimum absolute atomic E-state index is 0.0832. The minimum atomic E-state index is -0.282. The Morgan fingerprint density at radius 1 is 1.09 bits per heavy atom. The van der Waals surface area contributed by atoms with E-state index in [0.29, 0.717) is 41.1 Å². The summed E-state index contributed by atoms with van der Waals surface area (Å²) in [4.78, 5) is 23.2. The minimum Gasteiger partial charge on any atom is -0.383 e. The Balaban J connectivity index is 1.59. The van der Waals surface area contributed by atoms with Gasteiger partial charge in [-0.3, -0.25) is 4.79 Å². The van der Waals surface area contributed by atoms with Crippen LogP contribution in [0.15, 0.2) is 67.0 Å². The molecule has 0 saturated heterocycles. The molecule has 8 heteroatoms. The molecule has 33 heavy (non-hydrogen) atoms. The number of nitrogens with zero attached hydrogens (tertiary/aromatic N) is 3. The summed E-state index contributed by atoms with van der Waals surface area (Å²) in [5.41, 5.74) is 2.33. The molecule has 3 rings (SSSR count). The lowest BCUT2D eigenvalue weighted by molar-refractivity contribution is 0.0941. The topological polar surface area (TPSA) is 67.3 Å². The van der Waals surface area contributed by atoms with Crippen molar-refractivity contribution < 1.29 is 9.53 Å². The number of amides is 1. The second-order valence-electron chi connectivity index (χ2n) is 7.39. The van der Waals surface area contributed by atoms with Gasteiger partial charge in [0, 0.05) is 37.8 Å². The lowest BCUT2D eigenvalue weighted by Crippen LogP contribution is -2.32. The summed E-state index contributed by atoms with van der Waals surface area (Å²) in [5.74, 6) is 0.344. The molecule has 1 N–H and O–H groups in total. The number of carbonyl (C=O) groups excluding carboxylic acids is 1. The van der Waals surface area contributed by atoms with Gasteiger partial charge in [-0.15, -0.1) is 0 Å². The Kier molecular flexibility index (Phi) is 9.24. The van der Waals surface area contributed by atoms with Gasteiger partial charge in [0.1, 0.15) is 0 Å². The van der Waals surface area contributed by atoms with Gasteiger partial charge < -0.3 is 15.0 Å². The smallest absolute Gasteiger partial charge is 0.254 e. The third kappa shape index (κ3) is 7.02. The zero-order chi connectivity index (χ0) is 23.6. The molecule has 0 aliphatic carbocycles. The van der Waals surface area contributed by atoms with Gasteiger partial charge in [0.2, 0.25) is 5.95 Å². The second-order valence-corrected chi connectivity index (χ2v) is 8.21. The van der Waals surface area contributed by atoms with E-state index >= 15 is 0 Å². The van der Waals surface area contributed by atoms with Gasteiger partial charge in [-0.1, -0.05) is 53.6 Å². The summed E-state index contributed by atoms with van der Waals surface area (Å²) in [7, 11) is 1.67. The van der Waals surface area contributed by atoms with Crippen LogP contribution in [-0.2, 0) is 4.74 Å². The fraction of sp³-hybridized carbons (Fsp3) is 0.240. The van der Waals surface area contributed by atoms with Crippen LogP contribution in [0, 0.1) is 0 Å². The maximum atomic E-state index is 12.5. The third-order valence-corrected chi connectivity index (χ3v) is 5.51. The van der Waals surface area contributed by atoms with Crippen LogP contribution in [0.5, 0.6) is 0 Å². The standard InChI is InChI=1S/C25H26Cl2N4O2/c1-18(30-24(32)23-21(26)8-4-9-22(23)27)6-3-7-19-10-12-20(13-11-19)31(16-17-33-2)25-28-14-5-15-29-25/h3-5,7-15,18H,6,16-17H2,1-2H3,(H,30,32)/b7-3+. The summed E-state index contributed by atoms with van der Waals surface area (Å²) in [6.07, 6.45) is 8.15. The van der Waals surface area contributed by atoms with Crippen LogP contribution >= 0.6 is 23.2 Å². The SMILES string of the molecule is COCCN(c1ccc(/C=C/CC(C)NC(=O)c2c(Cl)cccc2Cl)cc1)c1ncccn1. The zero-order valence-electron chi connectivity index (χ0n) is 18.5. The van der Waals surface area contributed by atoms with Gasteiger partial charge in [0.15, 0.2) is 0 Å². The van der Waals surface area contributed by atoms with Crippen molar-refractivity contribution in [3.8, 4) is 0 Å². The van der Waals surface area contributed by atoms with Gasteiger partial charge in [-0.05, 0) is 49.2 Å². The van der Waals surface area contributed by atoms with E-state index in [0.717, 1.165) is 11.3 Å². The molecule has 1 heterocycles. The Morgan fingerprint density at radius 2 is 1.76 bits per heavy atom. The van der Waals surface area contributed by atoms with Crippen molar-refractivity contribution >= 4 is 46.8 Å². The van der Waals surface area contributed by atoms with Gasteiger partial charge >= 0.3 is 0 Å². The number of anilines is 2. The quantitative estimate of drug-likeness (QED) is 0.394. The molecular formula is C25H26Cl2N4O2. The van der Waals surface area contributed by atoms with Crippen molar-refractivity contribution in [1.29, 1.82) is 0 Å². The van der Waals surface area contributed by atoms with E-state index in [9.17, 15) is 4.79 Å². The van der Waals surface area contributed by atoms with E-state index in [-0.39, 0.29) is 11.9 Å². The molecule has 0 bridgehead atoms. The normalized spacial score (nSPS) is 12.0. The van der Waals surface area contributed by atoms with Crippen molar-refractivity contribution in [2.24, 2.45) is 0 Å². The van der Waals surface area contributed by atoms with Crippen LogP contribution in [0.3, 0.4) is 0 Å².